The van der Waals surface area contributed by atoms with Gasteiger partial charge in [-0.15, -0.1) is 0 Å². The molecule has 4 heteroatoms. The average Bonchev–Trinajstić information content (AvgIpc) is 2.15. The van der Waals surface area contributed by atoms with Gasteiger partial charge in [0, 0.05) is 5.56 Å². The van der Waals surface area contributed by atoms with Crippen LogP contribution in [0.15, 0.2) is 9.95 Å². The summed E-state index contributed by atoms with van der Waals surface area (Å²) in [5.74, 6) is 0. The monoisotopic (exact) mass is 224 g/mol. The number of thioether (sulfide) groups is 1. The Bertz CT molecular complexity index is 437. The van der Waals surface area contributed by atoms with Gasteiger partial charge in [-0.1, -0.05) is 25.6 Å². The molecule has 1 heterocycles. The van der Waals surface area contributed by atoms with Crippen molar-refractivity contribution in [3.63, 3.8) is 0 Å². The van der Waals surface area contributed by atoms with Crippen LogP contribution in [0.4, 0.5) is 0 Å². The van der Waals surface area contributed by atoms with Gasteiger partial charge in [-0.05, 0) is 30.9 Å². The summed E-state index contributed by atoms with van der Waals surface area (Å²) < 4.78 is 0. The maximum absolute atomic E-state index is 11.7. The van der Waals surface area contributed by atoms with Crippen LogP contribution < -0.4 is 5.56 Å². The SMILES string of the molecule is CSc1nc2c(c(=O)[nH]1)CCC(C)(C)C2. The highest BCUT2D eigenvalue weighted by Crippen LogP contribution is 2.32. The van der Waals surface area contributed by atoms with Crippen molar-refractivity contribution in [3.05, 3.63) is 21.6 Å². The van der Waals surface area contributed by atoms with Crippen molar-refractivity contribution in [3.8, 4) is 0 Å². The minimum atomic E-state index is 0.0554. The number of nitrogens with zero attached hydrogens (tertiary/aromatic N) is 1. The first-order valence-electron chi connectivity index (χ1n) is 5.18. The molecular weight excluding hydrogens is 208 g/mol. The third kappa shape index (κ3) is 2.09. The summed E-state index contributed by atoms with van der Waals surface area (Å²) in [5.41, 5.74) is 2.23. The van der Waals surface area contributed by atoms with E-state index in [2.05, 4.69) is 23.8 Å². The van der Waals surface area contributed by atoms with Gasteiger partial charge in [-0.2, -0.15) is 0 Å². The maximum atomic E-state index is 11.7. The van der Waals surface area contributed by atoms with Crippen LogP contribution in [0.25, 0.3) is 0 Å². The van der Waals surface area contributed by atoms with Crippen molar-refractivity contribution in [2.75, 3.05) is 6.26 Å². The third-order valence-electron chi connectivity index (χ3n) is 2.97. The molecule has 1 aromatic rings. The van der Waals surface area contributed by atoms with E-state index in [1.807, 2.05) is 6.26 Å². The summed E-state index contributed by atoms with van der Waals surface area (Å²) >= 11 is 1.49. The Labute approximate surface area is 93.7 Å². The number of fused-ring (bicyclic) bond motifs is 1. The second-order valence-electron chi connectivity index (χ2n) is 4.84. The number of hydrogen-bond acceptors (Lipinski definition) is 3. The Hall–Kier alpha value is -0.770. The molecule has 3 nitrogen and oxygen atoms in total. The molecule has 82 valence electrons. The number of rotatable bonds is 1. The second-order valence-corrected chi connectivity index (χ2v) is 5.64. The van der Waals surface area contributed by atoms with Crippen molar-refractivity contribution < 1.29 is 0 Å². The van der Waals surface area contributed by atoms with Crippen molar-refractivity contribution in [1.82, 2.24) is 9.97 Å². The Morgan fingerprint density at radius 3 is 2.87 bits per heavy atom. The van der Waals surface area contributed by atoms with Gasteiger partial charge in [0.2, 0.25) is 0 Å². The average molecular weight is 224 g/mol. The van der Waals surface area contributed by atoms with E-state index < -0.39 is 0 Å². The molecule has 0 bridgehead atoms. The van der Waals surface area contributed by atoms with E-state index in [0.29, 0.717) is 0 Å². The zero-order chi connectivity index (χ0) is 11.1. The first kappa shape index (κ1) is 10.7. The summed E-state index contributed by atoms with van der Waals surface area (Å²) in [6.45, 7) is 4.47. The van der Waals surface area contributed by atoms with Gasteiger partial charge in [-0.3, -0.25) is 4.79 Å². The minimum Gasteiger partial charge on any atom is -0.301 e. The van der Waals surface area contributed by atoms with E-state index >= 15 is 0 Å². The van der Waals surface area contributed by atoms with Crippen LogP contribution in [-0.4, -0.2) is 16.2 Å². The van der Waals surface area contributed by atoms with E-state index in [4.69, 9.17) is 0 Å². The zero-order valence-corrected chi connectivity index (χ0v) is 10.2. The van der Waals surface area contributed by atoms with Crippen molar-refractivity contribution in [1.29, 1.82) is 0 Å². The van der Waals surface area contributed by atoms with Gasteiger partial charge in [0.25, 0.3) is 5.56 Å². The lowest BCUT2D eigenvalue weighted by Gasteiger charge is -2.29. The molecule has 1 aliphatic rings. The summed E-state index contributed by atoms with van der Waals surface area (Å²) in [7, 11) is 0. The Morgan fingerprint density at radius 2 is 2.20 bits per heavy atom. The van der Waals surface area contributed by atoms with Gasteiger partial charge in [0.15, 0.2) is 5.16 Å². The molecule has 0 atom stereocenters. The topological polar surface area (TPSA) is 45.8 Å². The molecule has 2 rings (SSSR count). The Morgan fingerprint density at radius 1 is 1.47 bits per heavy atom. The van der Waals surface area contributed by atoms with E-state index in [1.54, 1.807) is 0 Å². The normalized spacial score (nSPS) is 18.6. The van der Waals surface area contributed by atoms with Crippen LogP contribution in [-0.2, 0) is 12.8 Å². The largest absolute Gasteiger partial charge is 0.301 e. The van der Waals surface area contributed by atoms with Crippen molar-refractivity contribution in [2.24, 2.45) is 5.41 Å². The quantitative estimate of drug-likeness (QED) is 0.586. The summed E-state index contributed by atoms with van der Waals surface area (Å²) in [4.78, 5) is 19.1. The van der Waals surface area contributed by atoms with Crippen LogP contribution in [0.3, 0.4) is 0 Å². The lowest BCUT2D eigenvalue weighted by atomic mass is 9.77. The molecule has 0 amide bonds. The fourth-order valence-corrected chi connectivity index (χ4v) is 2.42. The molecule has 0 saturated carbocycles. The standard InChI is InChI=1S/C11H16N2OS/c1-11(2)5-4-7-8(6-11)12-10(15-3)13-9(7)14/h4-6H2,1-3H3,(H,12,13,14). The molecule has 1 aliphatic carbocycles. The van der Waals surface area contributed by atoms with Crippen LogP contribution in [0.5, 0.6) is 0 Å². The predicted molar refractivity (Wildman–Crippen MR) is 62.4 cm³/mol. The van der Waals surface area contributed by atoms with Crippen LogP contribution in [0.1, 0.15) is 31.5 Å². The predicted octanol–water partition coefficient (Wildman–Crippen LogP) is 2.01. The molecule has 1 aromatic heterocycles. The molecule has 0 radical (unpaired) electrons. The molecule has 0 aromatic carbocycles. The summed E-state index contributed by atoms with van der Waals surface area (Å²) in [6.07, 6.45) is 4.78. The zero-order valence-electron chi connectivity index (χ0n) is 9.39. The van der Waals surface area contributed by atoms with Crippen LogP contribution >= 0.6 is 11.8 Å². The molecule has 0 saturated heterocycles. The molecule has 15 heavy (non-hydrogen) atoms. The van der Waals surface area contributed by atoms with Crippen LogP contribution in [0.2, 0.25) is 0 Å². The number of aromatic nitrogens is 2. The van der Waals surface area contributed by atoms with E-state index in [1.165, 1.54) is 11.8 Å². The second kappa shape index (κ2) is 3.67. The van der Waals surface area contributed by atoms with Gasteiger partial charge in [0.1, 0.15) is 0 Å². The third-order valence-corrected chi connectivity index (χ3v) is 3.55. The molecule has 0 spiro atoms. The number of hydrogen-bond donors (Lipinski definition) is 1. The first-order valence-corrected chi connectivity index (χ1v) is 6.40. The van der Waals surface area contributed by atoms with E-state index in [9.17, 15) is 4.79 Å². The first-order chi connectivity index (χ1) is 7.02. The summed E-state index contributed by atoms with van der Waals surface area (Å²) in [6, 6.07) is 0. The van der Waals surface area contributed by atoms with Gasteiger partial charge < -0.3 is 4.98 Å². The maximum Gasteiger partial charge on any atom is 0.254 e. The molecule has 0 unspecified atom stereocenters. The van der Waals surface area contributed by atoms with E-state index in [-0.39, 0.29) is 11.0 Å². The number of nitrogens with one attached hydrogen (secondary N) is 1. The number of aromatic amines is 1. The molecular formula is C11H16N2OS. The number of H-pyrrole nitrogens is 1. The van der Waals surface area contributed by atoms with Gasteiger partial charge in [-0.25, -0.2) is 4.98 Å². The smallest absolute Gasteiger partial charge is 0.254 e. The molecule has 1 N–H and O–H groups in total. The van der Waals surface area contributed by atoms with Crippen LogP contribution in [0, 0.1) is 5.41 Å². The van der Waals surface area contributed by atoms with E-state index in [0.717, 1.165) is 35.7 Å². The lowest BCUT2D eigenvalue weighted by Crippen LogP contribution is -2.29. The highest BCUT2D eigenvalue weighted by molar-refractivity contribution is 7.98. The lowest BCUT2D eigenvalue weighted by molar-refractivity contribution is 0.307. The van der Waals surface area contributed by atoms with Crippen molar-refractivity contribution >= 4 is 11.8 Å². The Balaban J connectivity index is 2.49. The Kier molecular flexibility index (Phi) is 2.63. The van der Waals surface area contributed by atoms with Crippen molar-refractivity contribution in [2.45, 2.75) is 38.3 Å². The summed E-state index contributed by atoms with van der Waals surface area (Å²) in [5, 5.41) is 0.733. The fourth-order valence-electron chi connectivity index (χ4n) is 2.03. The molecule has 0 aliphatic heterocycles. The highest BCUT2D eigenvalue weighted by Gasteiger charge is 2.28. The van der Waals surface area contributed by atoms with Gasteiger partial charge >= 0.3 is 0 Å². The minimum absolute atomic E-state index is 0.0554. The van der Waals surface area contributed by atoms with Gasteiger partial charge in [0.05, 0.1) is 5.69 Å². The fraction of sp³-hybridized carbons (Fsp3) is 0.636. The highest BCUT2D eigenvalue weighted by atomic mass is 32.2. The molecule has 0 fully saturated rings.